The van der Waals surface area contributed by atoms with Crippen LogP contribution in [0.5, 0.6) is 0 Å². The van der Waals surface area contributed by atoms with Crippen LogP contribution in [0.15, 0.2) is 0 Å². The Morgan fingerprint density at radius 2 is 1.48 bits per heavy atom. The highest BCUT2D eigenvalue weighted by atomic mass is 16.5. The molecule has 0 aliphatic heterocycles. The van der Waals surface area contributed by atoms with Crippen LogP contribution in [0.1, 0.15) is 64.2 Å². The SMILES string of the molecule is COC(=O)[C@H]1CCCCC[C@H]1NC(=O)NC1CCCCC1. The van der Waals surface area contributed by atoms with Gasteiger partial charge in [0.1, 0.15) is 0 Å². The number of hydrogen-bond donors (Lipinski definition) is 2. The molecule has 21 heavy (non-hydrogen) atoms. The van der Waals surface area contributed by atoms with Crippen LogP contribution in [0, 0.1) is 5.92 Å². The van der Waals surface area contributed by atoms with E-state index in [2.05, 4.69) is 10.6 Å². The van der Waals surface area contributed by atoms with Gasteiger partial charge in [-0.15, -0.1) is 0 Å². The van der Waals surface area contributed by atoms with Gasteiger partial charge < -0.3 is 15.4 Å². The van der Waals surface area contributed by atoms with E-state index in [1.54, 1.807) is 0 Å². The van der Waals surface area contributed by atoms with E-state index in [0.29, 0.717) is 6.04 Å². The molecule has 5 heteroatoms. The molecule has 2 atom stereocenters. The van der Waals surface area contributed by atoms with Gasteiger partial charge in [0, 0.05) is 12.1 Å². The summed E-state index contributed by atoms with van der Waals surface area (Å²) in [6.45, 7) is 0. The van der Waals surface area contributed by atoms with Crippen LogP contribution in [0.25, 0.3) is 0 Å². The molecule has 0 spiro atoms. The summed E-state index contributed by atoms with van der Waals surface area (Å²) in [7, 11) is 1.42. The molecule has 2 aliphatic carbocycles. The van der Waals surface area contributed by atoms with Crippen molar-refractivity contribution in [3.63, 3.8) is 0 Å². The molecule has 2 rings (SSSR count). The molecule has 0 heterocycles. The summed E-state index contributed by atoms with van der Waals surface area (Å²) in [5.41, 5.74) is 0. The van der Waals surface area contributed by atoms with Crippen LogP contribution in [0.3, 0.4) is 0 Å². The van der Waals surface area contributed by atoms with Crippen molar-refractivity contribution in [3.8, 4) is 0 Å². The standard InChI is InChI=1S/C16H28N2O3/c1-21-15(19)13-10-6-3-7-11-14(13)18-16(20)17-12-8-4-2-5-9-12/h12-14H,2-11H2,1H3,(H2,17,18,20)/t13-,14+/m0/s1. The van der Waals surface area contributed by atoms with Gasteiger partial charge in [0.25, 0.3) is 0 Å². The molecule has 0 unspecified atom stereocenters. The maximum Gasteiger partial charge on any atom is 0.315 e. The largest absolute Gasteiger partial charge is 0.469 e. The lowest BCUT2D eigenvalue weighted by atomic mass is 9.94. The molecule has 5 nitrogen and oxygen atoms in total. The molecular formula is C16H28N2O3. The highest BCUT2D eigenvalue weighted by molar-refractivity contribution is 5.77. The second kappa shape index (κ2) is 8.25. The fourth-order valence-corrected chi connectivity index (χ4v) is 3.56. The van der Waals surface area contributed by atoms with Gasteiger partial charge in [0.2, 0.25) is 0 Å². The van der Waals surface area contributed by atoms with Gasteiger partial charge >= 0.3 is 12.0 Å². The van der Waals surface area contributed by atoms with Crippen molar-refractivity contribution in [3.05, 3.63) is 0 Å². The zero-order valence-electron chi connectivity index (χ0n) is 13.0. The Morgan fingerprint density at radius 1 is 0.857 bits per heavy atom. The van der Waals surface area contributed by atoms with Gasteiger partial charge in [0.15, 0.2) is 0 Å². The Hall–Kier alpha value is -1.26. The molecule has 2 N–H and O–H groups in total. The number of esters is 1. The molecule has 0 bridgehead atoms. The van der Waals surface area contributed by atoms with Crippen LogP contribution < -0.4 is 10.6 Å². The topological polar surface area (TPSA) is 67.4 Å². The lowest BCUT2D eigenvalue weighted by Gasteiger charge is -2.27. The number of amides is 2. The molecule has 0 aromatic carbocycles. The van der Waals surface area contributed by atoms with Crippen LogP contribution in [-0.4, -0.2) is 31.2 Å². The maximum absolute atomic E-state index is 12.2. The van der Waals surface area contributed by atoms with E-state index < -0.39 is 0 Å². The second-order valence-corrected chi connectivity index (χ2v) is 6.33. The third kappa shape index (κ3) is 4.90. The normalized spacial score (nSPS) is 27.5. The molecule has 2 aliphatic rings. The van der Waals surface area contributed by atoms with Gasteiger partial charge in [-0.1, -0.05) is 38.5 Å². The van der Waals surface area contributed by atoms with Crippen molar-refractivity contribution >= 4 is 12.0 Å². The van der Waals surface area contributed by atoms with Gasteiger partial charge in [0.05, 0.1) is 13.0 Å². The first-order valence-corrected chi connectivity index (χ1v) is 8.35. The summed E-state index contributed by atoms with van der Waals surface area (Å²) < 4.78 is 4.90. The number of urea groups is 1. The quantitative estimate of drug-likeness (QED) is 0.621. The average molecular weight is 296 g/mol. The Morgan fingerprint density at radius 3 is 2.14 bits per heavy atom. The number of carbonyl (C=O) groups is 2. The van der Waals surface area contributed by atoms with Gasteiger partial charge in [-0.3, -0.25) is 4.79 Å². The number of nitrogens with one attached hydrogen (secondary N) is 2. The molecule has 2 fully saturated rings. The van der Waals surface area contributed by atoms with Crippen LogP contribution in [0.4, 0.5) is 4.79 Å². The number of carbonyl (C=O) groups excluding carboxylic acids is 2. The minimum atomic E-state index is -0.199. The average Bonchev–Trinajstić information content (AvgIpc) is 2.73. The monoisotopic (exact) mass is 296 g/mol. The molecule has 0 aromatic heterocycles. The lowest BCUT2D eigenvalue weighted by Crippen LogP contribution is -2.50. The summed E-state index contributed by atoms with van der Waals surface area (Å²) in [5.74, 6) is -0.394. The first kappa shape index (κ1) is 16.1. The smallest absolute Gasteiger partial charge is 0.315 e. The number of hydrogen-bond acceptors (Lipinski definition) is 3. The van der Waals surface area contributed by atoms with Crippen molar-refractivity contribution in [1.82, 2.24) is 10.6 Å². The van der Waals surface area contributed by atoms with E-state index in [1.165, 1.54) is 26.4 Å². The van der Waals surface area contributed by atoms with Crippen molar-refractivity contribution < 1.29 is 14.3 Å². The van der Waals surface area contributed by atoms with Gasteiger partial charge in [-0.05, 0) is 25.7 Å². The van der Waals surface area contributed by atoms with E-state index in [-0.39, 0.29) is 24.0 Å². The van der Waals surface area contributed by atoms with E-state index in [9.17, 15) is 9.59 Å². The minimum Gasteiger partial charge on any atom is -0.469 e. The first-order valence-electron chi connectivity index (χ1n) is 8.35. The summed E-state index contributed by atoms with van der Waals surface area (Å²) in [5, 5.41) is 6.08. The van der Waals surface area contributed by atoms with Crippen LogP contribution >= 0.6 is 0 Å². The predicted molar refractivity (Wildman–Crippen MR) is 80.9 cm³/mol. The Kier molecular flexibility index (Phi) is 6.33. The molecule has 2 amide bonds. The fraction of sp³-hybridized carbons (Fsp3) is 0.875. The Balaban J connectivity index is 1.87. The fourth-order valence-electron chi connectivity index (χ4n) is 3.56. The minimum absolute atomic E-state index is 0.0939. The second-order valence-electron chi connectivity index (χ2n) is 6.33. The van der Waals surface area contributed by atoms with Gasteiger partial charge in [-0.2, -0.15) is 0 Å². The molecular weight excluding hydrogens is 268 g/mol. The summed E-state index contributed by atoms with van der Waals surface area (Å²) >= 11 is 0. The van der Waals surface area contributed by atoms with Crippen molar-refractivity contribution in [1.29, 1.82) is 0 Å². The number of methoxy groups -OCH3 is 1. The lowest BCUT2D eigenvalue weighted by molar-refractivity contribution is -0.146. The number of rotatable bonds is 3. The summed E-state index contributed by atoms with van der Waals surface area (Å²) in [6, 6.07) is 0.0762. The molecule has 0 saturated heterocycles. The van der Waals surface area contributed by atoms with E-state index in [1.807, 2.05) is 0 Å². The number of ether oxygens (including phenoxy) is 1. The highest BCUT2D eigenvalue weighted by Crippen LogP contribution is 2.25. The van der Waals surface area contributed by atoms with Crippen LogP contribution in [0.2, 0.25) is 0 Å². The highest BCUT2D eigenvalue weighted by Gasteiger charge is 2.31. The third-order valence-electron chi connectivity index (χ3n) is 4.78. The maximum atomic E-state index is 12.2. The molecule has 2 saturated carbocycles. The van der Waals surface area contributed by atoms with E-state index in [0.717, 1.165) is 44.9 Å². The zero-order valence-corrected chi connectivity index (χ0v) is 13.0. The summed E-state index contributed by atoms with van der Waals surface area (Å²) in [4.78, 5) is 24.1. The van der Waals surface area contributed by atoms with Crippen LogP contribution in [-0.2, 0) is 9.53 Å². The summed E-state index contributed by atoms with van der Waals surface area (Å²) in [6.07, 6.45) is 10.7. The van der Waals surface area contributed by atoms with Crippen molar-refractivity contribution in [2.75, 3.05) is 7.11 Å². The molecule has 120 valence electrons. The third-order valence-corrected chi connectivity index (χ3v) is 4.78. The Bertz CT molecular complexity index is 353. The van der Waals surface area contributed by atoms with Crippen molar-refractivity contribution in [2.24, 2.45) is 5.92 Å². The first-order chi connectivity index (χ1) is 10.2. The van der Waals surface area contributed by atoms with Gasteiger partial charge in [-0.25, -0.2) is 4.79 Å². The molecule has 0 aromatic rings. The Labute approximate surface area is 127 Å². The van der Waals surface area contributed by atoms with E-state index in [4.69, 9.17) is 4.74 Å². The van der Waals surface area contributed by atoms with E-state index >= 15 is 0 Å². The van der Waals surface area contributed by atoms with Crippen molar-refractivity contribution in [2.45, 2.75) is 76.3 Å². The molecule has 0 radical (unpaired) electrons. The predicted octanol–water partition coefficient (Wildman–Crippen LogP) is 2.74. The zero-order chi connectivity index (χ0) is 15.1.